The van der Waals surface area contributed by atoms with Crippen molar-refractivity contribution in [3.05, 3.63) is 52.9 Å². The van der Waals surface area contributed by atoms with Crippen molar-refractivity contribution in [2.24, 2.45) is 0 Å². The minimum atomic E-state index is -3.69. The Kier molecular flexibility index (Phi) is 8.06. The molecule has 0 radical (unpaired) electrons. The van der Waals surface area contributed by atoms with Gasteiger partial charge in [-0.3, -0.25) is 9.63 Å². The molecule has 2 rings (SSSR count). The maximum atomic E-state index is 11.6. The van der Waals surface area contributed by atoms with Crippen molar-refractivity contribution in [1.82, 2.24) is 10.2 Å². The number of benzene rings is 1. The van der Waals surface area contributed by atoms with E-state index in [1.165, 1.54) is 24.8 Å². The normalized spacial score (nSPS) is 10.9. The van der Waals surface area contributed by atoms with Gasteiger partial charge in [0.2, 0.25) is 0 Å². The molecule has 0 aliphatic carbocycles. The zero-order chi connectivity index (χ0) is 18.2. The smallest absolute Gasteiger partial charge is 0.271 e. The number of hydrogen-bond donors (Lipinski definition) is 2. The predicted molar refractivity (Wildman–Crippen MR) is 95.4 cm³/mol. The summed E-state index contributed by atoms with van der Waals surface area (Å²) >= 11 is 0.887. The minimum Gasteiger partial charge on any atom is -0.349 e. The van der Waals surface area contributed by atoms with Gasteiger partial charge in [0.25, 0.3) is 15.9 Å². The molecular weight excluding hydrogens is 348 g/mol. The number of aryl methyl sites for hydroxylation is 1. The second-order valence-electron chi connectivity index (χ2n) is 5.19. The highest BCUT2D eigenvalue weighted by Crippen LogP contribution is 2.21. The predicted octanol–water partition coefficient (Wildman–Crippen LogP) is 2.72. The van der Waals surface area contributed by atoms with Gasteiger partial charge in [-0.15, -0.1) is 11.3 Å². The molecule has 2 aromatic rings. The van der Waals surface area contributed by atoms with Crippen LogP contribution in [0.25, 0.3) is 0 Å². The van der Waals surface area contributed by atoms with Crippen LogP contribution in [0.1, 0.15) is 29.1 Å². The van der Waals surface area contributed by atoms with Gasteiger partial charge in [-0.05, 0) is 32.9 Å². The number of hydrogen-bond acceptors (Lipinski definition) is 5. The van der Waals surface area contributed by atoms with E-state index in [1.807, 2.05) is 36.9 Å². The summed E-state index contributed by atoms with van der Waals surface area (Å²) in [6, 6.07) is 13.1. The SMILES string of the molecule is CONS(=O)(=O)c1ccc(C(=O)NC(C)C)s1.Cc1ccccc1. The molecule has 0 atom stereocenters. The largest absolute Gasteiger partial charge is 0.349 e. The highest BCUT2D eigenvalue weighted by atomic mass is 32.2. The lowest BCUT2D eigenvalue weighted by Gasteiger charge is -2.05. The summed E-state index contributed by atoms with van der Waals surface area (Å²) in [4.78, 5) is 18.2. The molecule has 0 saturated carbocycles. The van der Waals surface area contributed by atoms with E-state index < -0.39 is 10.0 Å². The molecule has 0 saturated heterocycles. The summed E-state index contributed by atoms with van der Waals surface area (Å²) in [5.41, 5.74) is 1.32. The van der Waals surface area contributed by atoms with Gasteiger partial charge in [0.15, 0.2) is 0 Å². The first-order valence-electron chi connectivity index (χ1n) is 7.23. The van der Waals surface area contributed by atoms with Crippen molar-refractivity contribution < 1.29 is 18.0 Å². The Morgan fingerprint density at radius 3 is 2.21 bits per heavy atom. The van der Waals surface area contributed by atoms with E-state index in [2.05, 4.69) is 29.2 Å². The van der Waals surface area contributed by atoms with Crippen LogP contribution in [0.5, 0.6) is 0 Å². The first-order chi connectivity index (χ1) is 11.3. The molecule has 0 bridgehead atoms. The third kappa shape index (κ3) is 6.79. The van der Waals surface area contributed by atoms with E-state index in [1.54, 1.807) is 0 Å². The lowest BCUT2D eigenvalue weighted by atomic mass is 10.2. The van der Waals surface area contributed by atoms with Crippen LogP contribution >= 0.6 is 11.3 Å². The average molecular weight is 370 g/mol. The summed E-state index contributed by atoms with van der Waals surface area (Å²) in [5, 5.41) is 2.68. The molecule has 1 aromatic carbocycles. The van der Waals surface area contributed by atoms with E-state index in [0.29, 0.717) is 4.88 Å². The molecule has 132 valence electrons. The van der Waals surface area contributed by atoms with Crippen LogP contribution in [-0.2, 0) is 14.9 Å². The molecule has 1 aromatic heterocycles. The lowest BCUT2D eigenvalue weighted by Crippen LogP contribution is -2.29. The summed E-state index contributed by atoms with van der Waals surface area (Å²) < 4.78 is 23.1. The van der Waals surface area contributed by atoms with Crippen LogP contribution in [0, 0.1) is 6.92 Å². The van der Waals surface area contributed by atoms with Gasteiger partial charge in [0, 0.05) is 6.04 Å². The third-order valence-electron chi connectivity index (χ3n) is 2.62. The highest BCUT2D eigenvalue weighted by molar-refractivity contribution is 7.91. The fourth-order valence-corrected chi connectivity index (χ4v) is 3.60. The fourth-order valence-electron chi connectivity index (χ4n) is 1.61. The van der Waals surface area contributed by atoms with Gasteiger partial charge in [0.05, 0.1) is 12.0 Å². The van der Waals surface area contributed by atoms with Crippen molar-refractivity contribution in [3.63, 3.8) is 0 Å². The molecular formula is C16H22N2O4S2. The molecule has 1 heterocycles. The van der Waals surface area contributed by atoms with Gasteiger partial charge in [-0.1, -0.05) is 40.8 Å². The van der Waals surface area contributed by atoms with Gasteiger partial charge in [0.1, 0.15) is 4.21 Å². The molecule has 0 spiro atoms. The number of amides is 1. The van der Waals surface area contributed by atoms with Crippen molar-refractivity contribution >= 4 is 27.3 Å². The number of sulfonamides is 1. The van der Waals surface area contributed by atoms with Gasteiger partial charge in [-0.2, -0.15) is 0 Å². The molecule has 0 unspecified atom stereocenters. The number of carbonyl (C=O) groups is 1. The van der Waals surface area contributed by atoms with E-state index in [4.69, 9.17) is 0 Å². The van der Waals surface area contributed by atoms with Crippen molar-refractivity contribution in [1.29, 1.82) is 0 Å². The second-order valence-corrected chi connectivity index (χ2v) is 8.15. The molecule has 6 nitrogen and oxygen atoms in total. The first kappa shape index (κ1) is 20.3. The van der Waals surface area contributed by atoms with Crippen LogP contribution < -0.4 is 10.2 Å². The zero-order valence-electron chi connectivity index (χ0n) is 14.1. The van der Waals surface area contributed by atoms with Crippen molar-refractivity contribution in [2.75, 3.05) is 7.11 Å². The third-order valence-corrected chi connectivity index (χ3v) is 5.46. The number of carbonyl (C=O) groups excluding carboxylic acids is 1. The van der Waals surface area contributed by atoms with Crippen LogP contribution in [0.2, 0.25) is 0 Å². The Labute approximate surface area is 146 Å². The number of nitrogens with one attached hydrogen (secondary N) is 2. The Morgan fingerprint density at radius 2 is 1.75 bits per heavy atom. The molecule has 0 aliphatic heterocycles. The van der Waals surface area contributed by atoms with Crippen LogP contribution in [0.4, 0.5) is 0 Å². The molecule has 2 N–H and O–H groups in total. The van der Waals surface area contributed by atoms with E-state index in [-0.39, 0.29) is 16.2 Å². The maximum Gasteiger partial charge on any atom is 0.271 e. The van der Waals surface area contributed by atoms with Gasteiger partial charge < -0.3 is 5.32 Å². The zero-order valence-corrected chi connectivity index (χ0v) is 15.7. The number of thiophene rings is 1. The Hall–Kier alpha value is -1.74. The summed E-state index contributed by atoms with van der Waals surface area (Å²) in [5.74, 6) is -0.288. The summed E-state index contributed by atoms with van der Waals surface area (Å²) in [7, 11) is -2.48. The molecule has 24 heavy (non-hydrogen) atoms. The number of rotatable bonds is 5. The van der Waals surface area contributed by atoms with Crippen LogP contribution in [-0.4, -0.2) is 27.5 Å². The Morgan fingerprint density at radius 1 is 1.12 bits per heavy atom. The monoisotopic (exact) mass is 370 g/mol. The quantitative estimate of drug-likeness (QED) is 0.793. The maximum absolute atomic E-state index is 11.6. The molecule has 8 heteroatoms. The van der Waals surface area contributed by atoms with E-state index >= 15 is 0 Å². The standard InChI is InChI=1S/C9H14N2O4S2.C7H8/c1-6(2)10-9(12)7-4-5-8(16-7)17(13,14)11-15-3;1-7-5-3-2-4-6-7/h4-6,11H,1-3H3,(H,10,12);2-6H,1H3. The molecule has 0 aliphatic rings. The van der Waals surface area contributed by atoms with Crippen LogP contribution in [0.15, 0.2) is 46.7 Å². The van der Waals surface area contributed by atoms with Gasteiger partial charge in [-0.25, -0.2) is 8.42 Å². The molecule has 0 fully saturated rings. The Bertz CT molecular complexity index is 740. The van der Waals surface area contributed by atoms with Crippen molar-refractivity contribution in [3.8, 4) is 0 Å². The highest BCUT2D eigenvalue weighted by Gasteiger charge is 2.19. The second kappa shape index (κ2) is 9.53. The minimum absolute atomic E-state index is 0.00163. The topological polar surface area (TPSA) is 84.5 Å². The lowest BCUT2D eigenvalue weighted by molar-refractivity contribution is 0.0947. The van der Waals surface area contributed by atoms with E-state index in [9.17, 15) is 13.2 Å². The van der Waals surface area contributed by atoms with Crippen LogP contribution in [0.3, 0.4) is 0 Å². The average Bonchev–Trinajstić information content (AvgIpc) is 2.99. The summed E-state index contributed by atoms with van der Waals surface area (Å²) in [6.07, 6.45) is 0. The Balaban J connectivity index is 0.000000341. The van der Waals surface area contributed by atoms with Crippen molar-refractivity contribution in [2.45, 2.75) is 31.0 Å². The first-order valence-corrected chi connectivity index (χ1v) is 9.53. The fraction of sp³-hybridized carbons (Fsp3) is 0.312. The molecule has 1 amide bonds. The van der Waals surface area contributed by atoms with Gasteiger partial charge >= 0.3 is 0 Å². The van der Waals surface area contributed by atoms with E-state index in [0.717, 1.165) is 11.3 Å². The summed E-state index contributed by atoms with van der Waals surface area (Å²) in [6.45, 7) is 5.74.